The van der Waals surface area contributed by atoms with E-state index in [1.165, 1.54) is 0 Å². The van der Waals surface area contributed by atoms with Gasteiger partial charge in [0.05, 0.1) is 5.57 Å². The zero-order valence-electron chi connectivity index (χ0n) is 12.3. The van der Waals surface area contributed by atoms with Gasteiger partial charge < -0.3 is 5.32 Å². The van der Waals surface area contributed by atoms with E-state index < -0.39 is 0 Å². The largest absolute Gasteiger partial charge is 0.328 e. The van der Waals surface area contributed by atoms with Gasteiger partial charge in [0.25, 0.3) is 0 Å². The maximum atomic E-state index is 12.2. The van der Waals surface area contributed by atoms with Gasteiger partial charge in [-0.25, -0.2) is 0 Å². The van der Waals surface area contributed by atoms with Crippen LogP contribution in [0.3, 0.4) is 0 Å². The van der Waals surface area contributed by atoms with E-state index in [1.807, 2.05) is 67.6 Å². The lowest BCUT2D eigenvalue weighted by atomic mass is 9.85. The van der Waals surface area contributed by atoms with Crippen molar-refractivity contribution in [2.75, 3.05) is 0 Å². The van der Waals surface area contributed by atoms with E-state index in [9.17, 15) is 10.1 Å². The summed E-state index contributed by atoms with van der Waals surface area (Å²) >= 11 is 0. The Hall–Kier alpha value is -2.86. The van der Waals surface area contributed by atoms with Crippen molar-refractivity contribution >= 4 is 11.5 Å². The zero-order valence-corrected chi connectivity index (χ0v) is 12.3. The molecule has 22 heavy (non-hydrogen) atoms. The van der Waals surface area contributed by atoms with E-state index in [-0.39, 0.29) is 17.7 Å². The highest BCUT2D eigenvalue weighted by Gasteiger charge is 2.38. The van der Waals surface area contributed by atoms with Gasteiger partial charge in [-0.1, -0.05) is 67.6 Å². The second-order valence-corrected chi connectivity index (χ2v) is 5.43. The standard InChI is InChI=1S/C19H16N2O/c1-13-17(15-10-6-3-7-11-15)18(21-19(13)22)16(12-20)14-8-4-2-5-9-14/h2-11,13,17H,1H3,(H,21,22)/b18-16+/t13-,17-/m0/s1. The molecule has 2 atom stereocenters. The van der Waals surface area contributed by atoms with E-state index in [2.05, 4.69) is 11.4 Å². The third kappa shape index (κ3) is 2.40. The molecule has 1 aliphatic rings. The third-order valence-corrected chi connectivity index (χ3v) is 4.08. The van der Waals surface area contributed by atoms with Crippen molar-refractivity contribution in [1.82, 2.24) is 5.32 Å². The summed E-state index contributed by atoms with van der Waals surface area (Å²) in [5.74, 6) is -0.333. The highest BCUT2D eigenvalue weighted by atomic mass is 16.2. The number of nitrogens with one attached hydrogen (secondary N) is 1. The van der Waals surface area contributed by atoms with Crippen molar-refractivity contribution in [3.63, 3.8) is 0 Å². The molecule has 0 bridgehead atoms. The first-order chi connectivity index (χ1) is 10.7. The normalized spacial score (nSPS) is 22.8. The predicted octanol–water partition coefficient (Wildman–Crippen LogP) is 3.47. The van der Waals surface area contributed by atoms with Gasteiger partial charge in [0.1, 0.15) is 6.07 Å². The number of carbonyl (C=O) groups is 1. The van der Waals surface area contributed by atoms with Gasteiger partial charge in [0.15, 0.2) is 0 Å². The number of carbonyl (C=O) groups excluding carboxylic acids is 1. The molecule has 1 amide bonds. The monoisotopic (exact) mass is 288 g/mol. The molecule has 2 aromatic carbocycles. The average Bonchev–Trinajstić information content (AvgIpc) is 2.85. The lowest BCUT2D eigenvalue weighted by Gasteiger charge is -2.16. The summed E-state index contributed by atoms with van der Waals surface area (Å²) in [5.41, 5.74) is 3.12. The molecule has 1 heterocycles. The summed E-state index contributed by atoms with van der Waals surface area (Å²) in [6.45, 7) is 1.90. The number of rotatable bonds is 2. The molecule has 0 spiro atoms. The SMILES string of the molecule is C[C@@H]1C(=O)N/C(=C(\C#N)c2ccccc2)[C@@H]1c1ccccc1. The Labute approximate surface area is 129 Å². The fourth-order valence-electron chi connectivity index (χ4n) is 2.94. The summed E-state index contributed by atoms with van der Waals surface area (Å²) < 4.78 is 0. The van der Waals surface area contributed by atoms with Gasteiger partial charge in [0, 0.05) is 17.5 Å². The van der Waals surface area contributed by atoms with E-state index in [4.69, 9.17) is 0 Å². The van der Waals surface area contributed by atoms with Gasteiger partial charge in [-0.05, 0) is 11.1 Å². The molecule has 3 nitrogen and oxygen atoms in total. The molecule has 0 radical (unpaired) electrons. The van der Waals surface area contributed by atoms with Crippen LogP contribution in [0.25, 0.3) is 5.57 Å². The maximum Gasteiger partial charge on any atom is 0.228 e. The molecule has 0 unspecified atom stereocenters. The maximum absolute atomic E-state index is 12.2. The summed E-state index contributed by atoms with van der Waals surface area (Å²) in [5, 5.41) is 12.5. The smallest absolute Gasteiger partial charge is 0.228 e. The second-order valence-electron chi connectivity index (χ2n) is 5.43. The first-order valence-corrected chi connectivity index (χ1v) is 7.28. The first kappa shape index (κ1) is 14.1. The van der Waals surface area contributed by atoms with Crippen LogP contribution in [0.4, 0.5) is 0 Å². The van der Waals surface area contributed by atoms with E-state index in [0.717, 1.165) is 11.1 Å². The number of amides is 1. The predicted molar refractivity (Wildman–Crippen MR) is 85.5 cm³/mol. The van der Waals surface area contributed by atoms with E-state index in [1.54, 1.807) is 0 Å². The molecule has 108 valence electrons. The Kier molecular flexibility index (Phi) is 3.76. The zero-order chi connectivity index (χ0) is 15.5. The number of allylic oxidation sites excluding steroid dienone is 2. The van der Waals surface area contributed by atoms with E-state index in [0.29, 0.717) is 11.3 Å². The van der Waals surface area contributed by atoms with Crippen molar-refractivity contribution < 1.29 is 4.79 Å². The van der Waals surface area contributed by atoms with Crippen molar-refractivity contribution in [2.24, 2.45) is 5.92 Å². The first-order valence-electron chi connectivity index (χ1n) is 7.28. The molecule has 1 fully saturated rings. The summed E-state index contributed by atoms with van der Waals surface area (Å²) in [6, 6.07) is 21.6. The van der Waals surface area contributed by atoms with E-state index >= 15 is 0 Å². The Bertz CT molecular complexity index is 757. The van der Waals surface area contributed by atoms with Gasteiger partial charge in [-0.15, -0.1) is 0 Å². The second kappa shape index (κ2) is 5.87. The fourth-order valence-corrected chi connectivity index (χ4v) is 2.94. The fraction of sp³-hybridized carbons (Fsp3) is 0.158. The van der Waals surface area contributed by atoms with Crippen molar-refractivity contribution in [1.29, 1.82) is 5.26 Å². The molecule has 3 heteroatoms. The van der Waals surface area contributed by atoms with Crippen molar-refractivity contribution in [3.8, 4) is 6.07 Å². The third-order valence-electron chi connectivity index (χ3n) is 4.08. The van der Waals surface area contributed by atoms with Gasteiger partial charge >= 0.3 is 0 Å². The summed E-state index contributed by atoms with van der Waals surface area (Å²) in [4.78, 5) is 12.2. The lowest BCUT2D eigenvalue weighted by Crippen LogP contribution is -2.17. The molecule has 1 aliphatic heterocycles. The highest BCUT2D eigenvalue weighted by Crippen LogP contribution is 2.39. The minimum Gasteiger partial charge on any atom is -0.328 e. The van der Waals surface area contributed by atoms with Crippen LogP contribution in [0, 0.1) is 17.2 Å². The number of hydrogen-bond donors (Lipinski definition) is 1. The molecular weight excluding hydrogens is 272 g/mol. The van der Waals surface area contributed by atoms with Gasteiger partial charge in [-0.3, -0.25) is 4.79 Å². The molecule has 2 aromatic rings. The van der Waals surface area contributed by atoms with Crippen LogP contribution in [-0.2, 0) is 4.79 Å². The molecule has 0 aromatic heterocycles. The Morgan fingerprint density at radius 3 is 2.23 bits per heavy atom. The molecular formula is C19H16N2O. The molecule has 0 saturated carbocycles. The van der Waals surface area contributed by atoms with Crippen molar-refractivity contribution in [2.45, 2.75) is 12.8 Å². The Balaban J connectivity index is 2.17. The van der Waals surface area contributed by atoms with Crippen LogP contribution >= 0.6 is 0 Å². The molecule has 3 rings (SSSR count). The summed E-state index contributed by atoms with van der Waals surface area (Å²) in [7, 11) is 0. The lowest BCUT2D eigenvalue weighted by molar-refractivity contribution is -0.121. The molecule has 1 saturated heterocycles. The quantitative estimate of drug-likeness (QED) is 0.860. The average molecular weight is 288 g/mol. The Morgan fingerprint density at radius 1 is 1.05 bits per heavy atom. The highest BCUT2D eigenvalue weighted by molar-refractivity contribution is 5.92. The van der Waals surface area contributed by atoms with Gasteiger partial charge in [0.2, 0.25) is 5.91 Å². The molecule has 1 N–H and O–H groups in total. The Morgan fingerprint density at radius 2 is 1.64 bits per heavy atom. The van der Waals surface area contributed by atoms with Crippen LogP contribution in [0.2, 0.25) is 0 Å². The van der Waals surface area contributed by atoms with Crippen molar-refractivity contribution in [3.05, 3.63) is 77.5 Å². The van der Waals surface area contributed by atoms with Crippen LogP contribution in [0.5, 0.6) is 0 Å². The number of nitriles is 1. The minimum absolute atomic E-state index is 0.0347. The van der Waals surface area contributed by atoms with Crippen LogP contribution in [0.1, 0.15) is 24.0 Å². The topological polar surface area (TPSA) is 52.9 Å². The molecule has 0 aliphatic carbocycles. The van der Waals surface area contributed by atoms with Crippen LogP contribution in [-0.4, -0.2) is 5.91 Å². The number of nitrogens with zero attached hydrogens (tertiary/aromatic N) is 1. The van der Waals surface area contributed by atoms with Crippen LogP contribution < -0.4 is 5.32 Å². The minimum atomic E-state index is -0.190. The van der Waals surface area contributed by atoms with Crippen LogP contribution in [0.15, 0.2) is 66.4 Å². The van der Waals surface area contributed by atoms with Gasteiger partial charge in [-0.2, -0.15) is 5.26 Å². The number of hydrogen-bond acceptors (Lipinski definition) is 2. The number of benzene rings is 2. The summed E-state index contributed by atoms with van der Waals surface area (Å²) in [6.07, 6.45) is 0.